The van der Waals surface area contributed by atoms with Crippen molar-refractivity contribution in [3.05, 3.63) is 0 Å². The van der Waals surface area contributed by atoms with Crippen molar-refractivity contribution < 1.29 is 9.90 Å². The summed E-state index contributed by atoms with van der Waals surface area (Å²) in [4.78, 5) is 10.8. The summed E-state index contributed by atoms with van der Waals surface area (Å²) in [6, 6.07) is 0. The minimum Gasteiger partial charge on any atom is -0.480 e. The van der Waals surface area contributed by atoms with Gasteiger partial charge in [0.15, 0.2) is 0 Å². The van der Waals surface area contributed by atoms with Gasteiger partial charge in [-0.25, -0.2) is 0 Å². The molecular formula is C9H19NO2S. The van der Waals surface area contributed by atoms with Crippen molar-refractivity contribution in [2.24, 2.45) is 11.7 Å². The molecular weight excluding hydrogens is 186 g/mol. The first-order valence-corrected chi connectivity index (χ1v) is 5.51. The SMILES string of the molecule is CC(C)C(C)SC(CCN)C(=O)O. The molecule has 0 rings (SSSR count). The van der Waals surface area contributed by atoms with Crippen LogP contribution in [0.15, 0.2) is 0 Å². The number of carbonyl (C=O) groups is 1. The van der Waals surface area contributed by atoms with E-state index in [4.69, 9.17) is 10.8 Å². The molecule has 0 bridgehead atoms. The highest BCUT2D eigenvalue weighted by Gasteiger charge is 2.21. The number of thioether (sulfide) groups is 1. The Hall–Kier alpha value is -0.220. The van der Waals surface area contributed by atoms with Crippen LogP contribution in [0.25, 0.3) is 0 Å². The Morgan fingerprint density at radius 2 is 2.00 bits per heavy atom. The lowest BCUT2D eigenvalue weighted by molar-refractivity contribution is -0.136. The lowest BCUT2D eigenvalue weighted by atomic mass is 10.2. The zero-order chi connectivity index (χ0) is 10.4. The highest BCUT2D eigenvalue weighted by atomic mass is 32.2. The smallest absolute Gasteiger partial charge is 0.316 e. The normalized spacial score (nSPS) is 15.8. The number of rotatable bonds is 6. The number of aliphatic carboxylic acids is 1. The van der Waals surface area contributed by atoms with Gasteiger partial charge in [0, 0.05) is 5.25 Å². The number of hydrogen-bond donors (Lipinski definition) is 2. The van der Waals surface area contributed by atoms with E-state index in [0.29, 0.717) is 24.1 Å². The van der Waals surface area contributed by atoms with Crippen molar-refractivity contribution in [3.63, 3.8) is 0 Å². The Labute approximate surface area is 84.1 Å². The summed E-state index contributed by atoms with van der Waals surface area (Å²) in [7, 11) is 0. The predicted molar refractivity (Wildman–Crippen MR) is 57.0 cm³/mol. The molecule has 78 valence electrons. The quantitative estimate of drug-likeness (QED) is 0.691. The fourth-order valence-electron chi connectivity index (χ4n) is 0.817. The predicted octanol–water partition coefficient (Wildman–Crippen LogP) is 1.57. The Morgan fingerprint density at radius 1 is 1.46 bits per heavy atom. The topological polar surface area (TPSA) is 63.3 Å². The summed E-state index contributed by atoms with van der Waals surface area (Å²) in [5, 5.41) is 8.88. The molecule has 0 radical (unpaired) electrons. The number of hydrogen-bond acceptors (Lipinski definition) is 3. The van der Waals surface area contributed by atoms with E-state index in [1.807, 2.05) is 0 Å². The van der Waals surface area contributed by atoms with Gasteiger partial charge in [-0.15, -0.1) is 11.8 Å². The van der Waals surface area contributed by atoms with E-state index in [1.165, 1.54) is 11.8 Å². The molecule has 2 atom stereocenters. The van der Waals surface area contributed by atoms with Crippen LogP contribution in [-0.2, 0) is 4.79 Å². The second kappa shape index (κ2) is 6.27. The van der Waals surface area contributed by atoms with E-state index in [1.54, 1.807) is 0 Å². The molecule has 0 aliphatic carbocycles. The Balaban J connectivity index is 4.01. The molecule has 0 aromatic carbocycles. The van der Waals surface area contributed by atoms with Gasteiger partial charge in [0.05, 0.1) is 0 Å². The standard InChI is InChI=1S/C9H19NO2S/c1-6(2)7(3)13-8(4-5-10)9(11)12/h6-8H,4-5,10H2,1-3H3,(H,11,12). The van der Waals surface area contributed by atoms with Gasteiger partial charge in [0.2, 0.25) is 0 Å². The highest BCUT2D eigenvalue weighted by molar-refractivity contribution is 8.01. The Kier molecular flexibility index (Phi) is 6.16. The molecule has 0 aliphatic rings. The molecule has 0 amide bonds. The van der Waals surface area contributed by atoms with E-state index >= 15 is 0 Å². The lowest BCUT2D eigenvalue weighted by Crippen LogP contribution is -2.24. The number of carboxylic acid groups (broad SMARTS) is 1. The monoisotopic (exact) mass is 205 g/mol. The van der Waals surface area contributed by atoms with E-state index in [9.17, 15) is 4.79 Å². The van der Waals surface area contributed by atoms with Crippen LogP contribution < -0.4 is 5.73 Å². The molecule has 0 saturated carbocycles. The molecule has 4 heteroatoms. The van der Waals surface area contributed by atoms with Gasteiger partial charge >= 0.3 is 5.97 Å². The van der Waals surface area contributed by atoms with Gasteiger partial charge in [-0.2, -0.15) is 0 Å². The second-order valence-corrected chi connectivity index (χ2v) is 5.07. The summed E-state index contributed by atoms with van der Waals surface area (Å²) in [5.41, 5.74) is 5.34. The third-order valence-corrected chi connectivity index (χ3v) is 3.76. The van der Waals surface area contributed by atoms with Crippen LogP contribution in [0.1, 0.15) is 27.2 Å². The van der Waals surface area contributed by atoms with Crippen LogP contribution in [0, 0.1) is 5.92 Å². The average molecular weight is 205 g/mol. The van der Waals surface area contributed by atoms with E-state index < -0.39 is 5.97 Å². The van der Waals surface area contributed by atoms with Crippen molar-refractivity contribution >= 4 is 17.7 Å². The lowest BCUT2D eigenvalue weighted by Gasteiger charge is -2.19. The highest BCUT2D eigenvalue weighted by Crippen LogP contribution is 2.25. The van der Waals surface area contributed by atoms with E-state index in [-0.39, 0.29) is 5.25 Å². The van der Waals surface area contributed by atoms with Crippen LogP contribution in [0.4, 0.5) is 0 Å². The van der Waals surface area contributed by atoms with Gasteiger partial charge in [-0.3, -0.25) is 4.79 Å². The van der Waals surface area contributed by atoms with Crippen molar-refractivity contribution in [2.45, 2.75) is 37.7 Å². The fraction of sp³-hybridized carbons (Fsp3) is 0.889. The molecule has 3 N–H and O–H groups in total. The summed E-state index contributed by atoms with van der Waals surface area (Å²) >= 11 is 1.51. The Morgan fingerprint density at radius 3 is 2.31 bits per heavy atom. The van der Waals surface area contributed by atoms with Crippen LogP contribution in [0.2, 0.25) is 0 Å². The first-order chi connectivity index (χ1) is 5.99. The van der Waals surface area contributed by atoms with Crippen LogP contribution in [0.3, 0.4) is 0 Å². The van der Waals surface area contributed by atoms with Gasteiger partial charge in [0.25, 0.3) is 0 Å². The number of nitrogens with two attached hydrogens (primary N) is 1. The molecule has 0 aromatic heterocycles. The Bertz CT molecular complexity index is 162. The molecule has 0 saturated heterocycles. The molecule has 0 heterocycles. The molecule has 3 nitrogen and oxygen atoms in total. The first kappa shape index (κ1) is 12.8. The summed E-state index contributed by atoms with van der Waals surface area (Å²) < 4.78 is 0. The maximum Gasteiger partial charge on any atom is 0.316 e. The number of carboxylic acids is 1. The second-order valence-electron chi connectivity index (χ2n) is 3.49. The molecule has 0 aromatic rings. The van der Waals surface area contributed by atoms with Gasteiger partial charge in [-0.05, 0) is 18.9 Å². The summed E-state index contributed by atoms with van der Waals surface area (Å²) in [6.07, 6.45) is 0.553. The zero-order valence-corrected chi connectivity index (χ0v) is 9.30. The minimum atomic E-state index is -0.747. The summed E-state index contributed by atoms with van der Waals surface area (Å²) in [5.74, 6) is -0.243. The van der Waals surface area contributed by atoms with Crippen molar-refractivity contribution in [3.8, 4) is 0 Å². The molecule has 0 spiro atoms. The first-order valence-electron chi connectivity index (χ1n) is 4.57. The average Bonchev–Trinajstić information content (AvgIpc) is 2.03. The summed E-state index contributed by atoms with van der Waals surface area (Å²) in [6.45, 7) is 6.69. The molecule has 13 heavy (non-hydrogen) atoms. The zero-order valence-electron chi connectivity index (χ0n) is 8.49. The molecule has 0 fully saturated rings. The van der Waals surface area contributed by atoms with Crippen molar-refractivity contribution in [1.82, 2.24) is 0 Å². The third-order valence-electron chi connectivity index (χ3n) is 2.02. The molecule has 0 aliphatic heterocycles. The van der Waals surface area contributed by atoms with Gasteiger partial charge in [-0.1, -0.05) is 20.8 Å². The van der Waals surface area contributed by atoms with Crippen molar-refractivity contribution in [1.29, 1.82) is 0 Å². The van der Waals surface area contributed by atoms with Gasteiger partial charge in [0.1, 0.15) is 5.25 Å². The largest absolute Gasteiger partial charge is 0.480 e. The van der Waals surface area contributed by atoms with Crippen LogP contribution in [0.5, 0.6) is 0 Å². The van der Waals surface area contributed by atoms with E-state index in [0.717, 1.165) is 0 Å². The van der Waals surface area contributed by atoms with Crippen LogP contribution in [-0.4, -0.2) is 28.1 Å². The van der Waals surface area contributed by atoms with Gasteiger partial charge < -0.3 is 10.8 Å². The maximum atomic E-state index is 10.8. The maximum absolute atomic E-state index is 10.8. The fourth-order valence-corrected chi connectivity index (χ4v) is 2.04. The minimum absolute atomic E-state index is 0.345. The van der Waals surface area contributed by atoms with Crippen molar-refractivity contribution in [2.75, 3.05) is 6.54 Å². The molecule has 2 unspecified atom stereocenters. The van der Waals surface area contributed by atoms with Crippen LogP contribution >= 0.6 is 11.8 Å². The van der Waals surface area contributed by atoms with E-state index in [2.05, 4.69) is 20.8 Å². The third kappa shape index (κ3) is 5.16.